The van der Waals surface area contributed by atoms with E-state index >= 15 is 0 Å². The average molecular weight is 419 g/mol. The Hall–Kier alpha value is -4.00. The van der Waals surface area contributed by atoms with Gasteiger partial charge in [-0.05, 0) is 49.4 Å². The number of amides is 2. The highest BCUT2D eigenvalue weighted by molar-refractivity contribution is 5.97. The molecule has 0 radical (unpaired) electrons. The van der Waals surface area contributed by atoms with Gasteiger partial charge in [-0.1, -0.05) is 11.8 Å². The normalized spacial score (nSPS) is 12.3. The molecule has 0 aliphatic rings. The molecule has 3 aromatic rings. The van der Waals surface area contributed by atoms with Crippen LogP contribution >= 0.6 is 0 Å². The molecule has 9 nitrogen and oxygen atoms in total. The fourth-order valence-electron chi connectivity index (χ4n) is 2.79. The van der Waals surface area contributed by atoms with E-state index in [1.54, 1.807) is 41.3 Å². The second kappa shape index (κ2) is 9.67. The van der Waals surface area contributed by atoms with Gasteiger partial charge in [0.2, 0.25) is 0 Å². The molecule has 31 heavy (non-hydrogen) atoms. The number of nitrogens with zero attached hydrogens (tertiary/aromatic N) is 3. The number of rotatable bonds is 5. The standard InChI is InChI=1S/C22H21N5O4/c1-14(28)20(22(30)26-31)25-21(29)17-8-5-15(6-9-17)3-4-16-7-10-18(23-13-16)19-11-12-24-27(19)2/h5-14,20,28,31H,1-2H3,(H,25,29)(H,26,30)/t14-,20+/m1/s1. The Bertz CT molecular complexity index is 1130. The average Bonchev–Trinajstić information content (AvgIpc) is 3.21. The molecule has 1 aromatic carbocycles. The highest BCUT2D eigenvalue weighted by Crippen LogP contribution is 2.15. The lowest BCUT2D eigenvalue weighted by Crippen LogP contribution is -2.51. The number of hydroxylamine groups is 1. The number of benzene rings is 1. The number of carbonyl (C=O) groups is 2. The summed E-state index contributed by atoms with van der Waals surface area (Å²) in [5.74, 6) is 4.55. The maximum absolute atomic E-state index is 12.3. The second-order valence-corrected chi connectivity index (χ2v) is 6.77. The Morgan fingerprint density at radius 1 is 1.06 bits per heavy atom. The smallest absolute Gasteiger partial charge is 0.268 e. The Balaban J connectivity index is 1.67. The van der Waals surface area contributed by atoms with Crippen molar-refractivity contribution in [2.75, 3.05) is 0 Å². The molecule has 0 saturated carbocycles. The van der Waals surface area contributed by atoms with Gasteiger partial charge in [0.1, 0.15) is 6.04 Å². The van der Waals surface area contributed by atoms with Crippen LogP contribution in [0.2, 0.25) is 0 Å². The summed E-state index contributed by atoms with van der Waals surface area (Å²) in [5.41, 5.74) is 4.83. The van der Waals surface area contributed by atoms with Gasteiger partial charge in [0.05, 0.1) is 17.5 Å². The molecule has 2 amide bonds. The fraction of sp³-hybridized carbons (Fsp3) is 0.182. The van der Waals surface area contributed by atoms with Crippen molar-refractivity contribution in [3.63, 3.8) is 0 Å². The number of carbonyl (C=O) groups excluding carboxylic acids is 2. The molecule has 158 valence electrons. The van der Waals surface area contributed by atoms with Gasteiger partial charge in [0.25, 0.3) is 11.8 Å². The van der Waals surface area contributed by atoms with Crippen LogP contribution in [0, 0.1) is 11.8 Å². The predicted molar refractivity (Wildman–Crippen MR) is 112 cm³/mol. The van der Waals surface area contributed by atoms with Crippen LogP contribution in [-0.4, -0.2) is 49.0 Å². The van der Waals surface area contributed by atoms with Gasteiger partial charge in [-0.2, -0.15) is 5.10 Å². The van der Waals surface area contributed by atoms with E-state index in [0.717, 1.165) is 17.0 Å². The second-order valence-electron chi connectivity index (χ2n) is 6.77. The van der Waals surface area contributed by atoms with Crippen LogP contribution in [0.3, 0.4) is 0 Å². The summed E-state index contributed by atoms with van der Waals surface area (Å²) < 4.78 is 1.74. The van der Waals surface area contributed by atoms with Crippen molar-refractivity contribution in [3.05, 3.63) is 71.5 Å². The minimum atomic E-state index is -1.28. The number of nitrogens with one attached hydrogen (secondary N) is 2. The Morgan fingerprint density at radius 3 is 2.29 bits per heavy atom. The lowest BCUT2D eigenvalue weighted by molar-refractivity contribution is -0.133. The third kappa shape index (κ3) is 5.33. The highest BCUT2D eigenvalue weighted by atomic mass is 16.5. The van der Waals surface area contributed by atoms with Gasteiger partial charge in [-0.25, -0.2) is 5.48 Å². The number of aliphatic hydroxyl groups is 1. The van der Waals surface area contributed by atoms with Gasteiger partial charge in [-0.3, -0.25) is 24.5 Å². The fourth-order valence-corrected chi connectivity index (χ4v) is 2.79. The van der Waals surface area contributed by atoms with E-state index in [0.29, 0.717) is 5.56 Å². The van der Waals surface area contributed by atoms with Crippen molar-refractivity contribution < 1.29 is 19.9 Å². The third-order valence-corrected chi connectivity index (χ3v) is 4.51. The summed E-state index contributed by atoms with van der Waals surface area (Å²) in [4.78, 5) is 28.2. The first-order chi connectivity index (χ1) is 14.9. The van der Waals surface area contributed by atoms with E-state index in [-0.39, 0.29) is 5.56 Å². The van der Waals surface area contributed by atoms with Crippen LogP contribution in [-0.2, 0) is 11.8 Å². The Labute approximate surface area is 178 Å². The van der Waals surface area contributed by atoms with Gasteiger partial charge in [-0.15, -0.1) is 0 Å². The molecule has 4 N–H and O–H groups in total. The van der Waals surface area contributed by atoms with E-state index in [9.17, 15) is 14.7 Å². The number of aliphatic hydroxyl groups excluding tert-OH is 1. The number of aryl methyl sites for hydroxylation is 1. The molecule has 2 aromatic heterocycles. The maximum Gasteiger partial charge on any atom is 0.268 e. The molecule has 3 rings (SSSR count). The molecule has 0 unspecified atom stereocenters. The van der Waals surface area contributed by atoms with E-state index in [1.807, 2.05) is 25.2 Å². The number of aromatic nitrogens is 3. The van der Waals surface area contributed by atoms with E-state index in [4.69, 9.17) is 5.21 Å². The molecule has 0 aliphatic heterocycles. The molecule has 2 atom stereocenters. The molecular weight excluding hydrogens is 398 g/mol. The van der Waals surface area contributed by atoms with Crippen LogP contribution in [0.4, 0.5) is 0 Å². The zero-order valence-corrected chi connectivity index (χ0v) is 16.9. The predicted octanol–water partition coefficient (Wildman–Crippen LogP) is 0.867. The van der Waals surface area contributed by atoms with Crippen LogP contribution in [0.5, 0.6) is 0 Å². The number of hydrogen-bond donors (Lipinski definition) is 4. The van der Waals surface area contributed by atoms with Crippen molar-refractivity contribution in [3.8, 4) is 23.2 Å². The van der Waals surface area contributed by atoms with Crippen LogP contribution < -0.4 is 10.8 Å². The largest absolute Gasteiger partial charge is 0.391 e. The lowest BCUT2D eigenvalue weighted by Gasteiger charge is -2.19. The summed E-state index contributed by atoms with van der Waals surface area (Å²) in [6.45, 7) is 1.33. The first kappa shape index (κ1) is 21.7. The van der Waals surface area contributed by atoms with Crippen LogP contribution in [0.1, 0.15) is 28.4 Å². The lowest BCUT2D eigenvalue weighted by atomic mass is 10.1. The zero-order chi connectivity index (χ0) is 22.4. The summed E-state index contributed by atoms with van der Waals surface area (Å²) in [6, 6.07) is 10.8. The summed E-state index contributed by atoms with van der Waals surface area (Å²) >= 11 is 0. The van der Waals surface area contributed by atoms with Crippen LogP contribution in [0.15, 0.2) is 54.9 Å². The summed E-state index contributed by atoms with van der Waals surface area (Å²) in [7, 11) is 1.85. The van der Waals surface area contributed by atoms with E-state index in [1.165, 1.54) is 12.4 Å². The molecule has 2 heterocycles. The van der Waals surface area contributed by atoms with Crippen molar-refractivity contribution >= 4 is 11.8 Å². The van der Waals surface area contributed by atoms with Gasteiger partial charge >= 0.3 is 0 Å². The zero-order valence-electron chi connectivity index (χ0n) is 16.9. The summed E-state index contributed by atoms with van der Waals surface area (Å²) in [5, 5.41) is 24.8. The summed E-state index contributed by atoms with van der Waals surface area (Å²) in [6.07, 6.45) is 2.21. The van der Waals surface area contributed by atoms with Crippen molar-refractivity contribution in [2.45, 2.75) is 19.1 Å². The Kier molecular flexibility index (Phi) is 6.77. The molecular formula is C22H21N5O4. The van der Waals surface area contributed by atoms with E-state index in [2.05, 4.69) is 27.2 Å². The molecule has 0 fully saturated rings. The minimum Gasteiger partial charge on any atom is -0.391 e. The van der Waals surface area contributed by atoms with Gasteiger partial charge in [0.15, 0.2) is 0 Å². The van der Waals surface area contributed by atoms with Crippen LogP contribution in [0.25, 0.3) is 11.4 Å². The van der Waals surface area contributed by atoms with E-state index < -0.39 is 24.0 Å². The first-order valence-corrected chi connectivity index (χ1v) is 9.38. The van der Waals surface area contributed by atoms with Crippen molar-refractivity contribution in [1.29, 1.82) is 0 Å². The Morgan fingerprint density at radius 2 is 1.74 bits per heavy atom. The molecule has 9 heteroatoms. The number of hydrogen-bond acceptors (Lipinski definition) is 6. The van der Waals surface area contributed by atoms with Gasteiger partial charge in [0, 0.05) is 36.1 Å². The maximum atomic E-state index is 12.3. The minimum absolute atomic E-state index is 0.282. The molecule has 0 bridgehead atoms. The molecule has 0 aliphatic carbocycles. The third-order valence-electron chi connectivity index (χ3n) is 4.51. The van der Waals surface area contributed by atoms with Crippen molar-refractivity contribution in [2.24, 2.45) is 7.05 Å². The monoisotopic (exact) mass is 419 g/mol. The quantitative estimate of drug-likeness (QED) is 0.276. The first-order valence-electron chi connectivity index (χ1n) is 9.38. The van der Waals surface area contributed by atoms with Gasteiger partial charge < -0.3 is 10.4 Å². The van der Waals surface area contributed by atoms with Crippen molar-refractivity contribution in [1.82, 2.24) is 25.6 Å². The number of pyridine rings is 1. The topological polar surface area (TPSA) is 129 Å². The highest BCUT2D eigenvalue weighted by Gasteiger charge is 2.25. The molecule has 0 spiro atoms. The molecule has 0 saturated heterocycles. The SMILES string of the molecule is C[C@@H](O)[C@H](NC(=O)c1ccc(C#Cc2ccc(-c3ccnn3C)nc2)cc1)C(=O)NO.